The maximum atomic E-state index is 14.9. The van der Waals surface area contributed by atoms with E-state index in [1.807, 2.05) is 6.07 Å². The molecule has 3 aromatic rings. The molecule has 164 valence electrons. The zero-order valence-corrected chi connectivity index (χ0v) is 17.5. The Morgan fingerprint density at radius 1 is 0.781 bits per heavy atom. The second-order valence-corrected chi connectivity index (χ2v) is 8.35. The average molecular weight is 436 g/mol. The van der Waals surface area contributed by atoms with E-state index < -0.39 is 11.6 Å². The predicted molar refractivity (Wildman–Crippen MR) is 118 cm³/mol. The van der Waals surface area contributed by atoms with Crippen LogP contribution in [0.15, 0.2) is 67.3 Å². The lowest BCUT2D eigenvalue weighted by Crippen LogP contribution is -2.23. The third-order valence-corrected chi connectivity index (χ3v) is 6.34. The Balaban J connectivity index is 1.36. The summed E-state index contributed by atoms with van der Waals surface area (Å²) in [5.74, 6) is -1.91. The van der Waals surface area contributed by atoms with Crippen molar-refractivity contribution in [3.63, 3.8) is 0 Å². The topological polar surface area (TPSA) is 21.8 Å². The fraction of sp³-hybridized carbons (Fsp3) is 0.259. The monoisotopic (exact) mass is 436 g/mol. The highest BCUT2D eigenvalue weighted by Gasteiger charge is 2.30. The molecular formula is C27H23F3O2. The molecule has 2 aliphatic heterocycles. The van der Waals surface area contributed by atoms with Gasteiger partial charge in [-0.15, -0.1) is 6.58 Å². The van der Waals surface area contributed by atoms with Crippen LogP contribution in [0.5, 0.6) is 0 Å². The summed E-state index contributed by atoms with van der Waals surface area (Å²) >= 11 is 0. The maximum absolute atomic E-state index is 14.9. The molecule has 0 radical (unpaired) electrons. The fourth-order valence-corrected chi connectivity index (χ4v) is 4.33. The van der Waals surface area contributed by atoms with Crippen molar-refractivity contribution in [1.29, 1.82) is 0 Å². The Hall–Kier alpha value is -2.89. The van der Waals surface area contributed by atoms with Gasteiger partial charge in [-0.25, -0.2) is 13.2 Å². The van der Waals surface area contributed by atoms with Gasteiger partial charge in [-0.1, -0.05) is 54.6 Å². The van der Waals surface area contributed by atoms with Crippen LogP contribution >= 0.6 is 0 Å². The first-order valence-corrected chi connectivity index (χ1v) is 10.8. The van der Waals surface area contributed by atoms with Gasteiger partial charge < -0.3 is 9.47 Å². The summed E-state index contributed by atoms with van der Waals surface area (Å²) in [7, 11) is 0. The first-order valence-electron chi connectivity index (χ1n) is 10.8. The quantitative estimate of drug-likeness (QED) is 0.319. The van der Waals surface area contributed by atoms with E-state index >= 15 is 0 Å². The molecule has 0 aliphatic carbocycles. The Labute approximate surface area is 185 Å². The van der Waals surface area contributed by atoms with Crippen molar-refractivity contribution < 1.29 is 22.6 Å². The van der Waals surface area contributed by atoms with E-state index in [0.29, 0.717) is 29.9 Å². The molecule has 5 heteroatoms. The lowest BCUT2D eigenvalue weighted by molar-refractivity contribution is 0.0328. The summed E-state index contributed by atoms with van der Waals surface area (Å²) in [6.07, 6.45) is 3.34. The Morgan fingerprint density at radius 2 is 1.47 bits per heavy atom. The van der Waals surface area contributed by atoms with E-state index in [4.69, 9.17) is 9.47 Å². The molecule has 3 aromatic carbocycles. The van der Waals surface area contributed by atoms with Crippen LogP contribution in [-0.4, -0.2) is 19.3 Å². The second-order valence-electron chi connectivity index (χ2n) is 8.35. The molecule has 2 aliphatic rings. The number of rotatable bonds is 5. The van der Waals surface area contributed by atoms with Gasteiger partial charge in [0, 0.05) is 22.6 Å². The van der Waals surface area contributed by atoms with Gasteiger partial charge in [0.2, 0.25) is 0 Å². The largest absolute Gasteiger partial charge is 0.374 e. The summed E-state index contributed by atoms with van der Waals surface area (Å²) in [4.78, 5) is 0. The third-order valence-electron chi connectivity index (χ3n) is 6.34. The number of hydrogen-bond acceptors (Lipinski definition) is 2. The number of halogens is 3. The minimum Gasteiger partial charge on any atom is -0.374 e. The highest BCUT2D eigenvalue weighted by atomic mass is 19.2. The fourth-order valence-electron chi connectivity index (χ4n) is 4.33. The number of ether oxygens (including phenoxy) is 2. The molecule has 0 saturated carbocycles. The van der Waals surface area contributed by atoms with Crippen LogP contribution in [0.4, 0.5) is 13.2 Å². The molecule has 0 amide bonds. The Bertz CT molecular complexity index is 1140. The number of benzene rings is 3. The smallest absolute Gasteiger partial charge is 0.167 e. The minimum atomic E-state index is -0.894. The van der Waals surface area contributed by atoms with Gasteiger partial charge in [-0.3, -0.25) is 0 Å². The van der Waals surface area contributed by atoms with Crippen molar-refractivity contribution in [2.45, 2.75) is 31.0 Å². The molecular weight excluding hydrogens is 413 g/mol. The zero-order chi connectivity index (χ0) is 22.2. The standard InChI is InChI=1S/C27H23F3O2/c1-2-20-9-7-19(14-31-20)18-8-10-21(24(28)13-18)16-3-5-17(6-4-16)22-11-12-23(25-15-32-25)27(30)26(22)29/h2-6,8,10-13,19-20,25H,1,7,9,14-15H2. The van der Waals surface area contributed by atoms with Crippen LogP contribution in [0.1, 0.15) is 36.0 Å². The summed E-state index contributed by atoms with van der Waals surface area (Å²) in [5.41, 5.74) is 3.00. The Morgan fingerprint density at radius 3 is 2.06 bits per heavy atom. The average Bonchev–Trinajstić information content (AvgIpc) is 3.66. The molecule has 3 atom stereocenters. The summed E-state index contributed by atoms with van der Waals surface area (Å²) in [6.45, 7) is 4.73. The molecule has 32 heavy (non-hydrogen) atoms. The van der Waals surface area contributed by atoms with Gasteiger partial charge >= 0.3 is 0 Å². The lowest BCUT2D eigenvalue weighted by Gasteiger charge is -2.27. The molecule has 2 saturated heterocycles. The van der Waals surface area contributed by atoms with E-state index in [2.05, 4.69) is 6.58 Å². The maximum Gasteiger partial charge on any atom is 0.167 e. The van der Waals surface area contributed by atoms with Crippen LogP contribution in [0, 0.1) is 17.5 Å². The van der Waals surface area contributed by atoms with E-state index in [9.17, 15) is 13.2 Å². The molecule has 3 unspecified atom stereocenters. The highest BCUT2D eigenvalue weighted by Crippen LogP contribution is 2.37. The predicted octanol–water partition coefficient (Wildman–Crippen LogP) is 6.96. The molecule has 2 nitrogen and oxygen atoms in total. The van der Waals surface area contributed by atoms with Crippen molar-refractivity contribution in [2.24, 2.45) is 0 Å². The van der Waals surface area contributed by atoms with E-state index in [-0.39, 0.29) is 35.1 Å². The van der Waals surface area contributed by atoms with Crippen molar-refractivity contribution in [2.75, 3.05) is 13.2 Å². The van der Waals surface area contributed by atoms with Gasteiger partial charge in [-0.2, -0.15) is 0 Å². The van der Waals surface area contributed by atoms with Gasteiger partial charge in [0.15, 0.2) is 11.6 Å². The molecule has 0 N–H and O–H groups in total. The van der Waals surface area contributed by atoms with Crippen LogP contribution in [-0.2, 0) is 9.47 Å². The zero-order valence-electron chi connectivity index (χ0n) is 17.5. The highest BCUT2D eigenvalue weighted by molar-refractivity contribution is 5.71. The van der Waals surface area contributed by atoms with Crippen LogP contribution in [0.25, 0.3) is 22.3 Å². The van der Waals surface area contributed by atoms with Crippen molar-refractivity contribution >= 4 is 0 Å². The third kappa shape index (κ3) is 3.98. The van der Waals surface area contributed by atoms with E-state index in [1.54, 1.807) is 54.6 Å². The van der Waals surface area contributed by atoms with Crippen LogP contribution in [0.2, 0.25) is 0 Å². The summed E-state index contributed by atoms with van der Waals surface area (Å²) in [6, 6.07) is 15.2. The SMILES string of the molecule is C=CC1CCC(c2ccc(-c3ccc(-c4ccc(C5CO5)c(F)c4F)cc3)c(F)c2)CO1. The summed E-state index contributed by atoms with van der Waals surface area (Å²) < 4.78 is 54.7. The molecule has 2 fully saturated rings. The van der Waals surface area contributed by atoms with E-state index in [0.717, 1.165) is 18.4 Å². The molecule has 0 aromatic heterocycles. The summed E-state index contributed by atoms with van der Waals surface area (Å²) in [5, 5.41) is 0. The number of hydrogen-bond donors (Lipinski definition) is 0. The minimum absolute atomic E-state index is 0.0745. The van der Waals surface area contributed by atoms with Crippen molar-refractivity contribution in [3.05, 3.63) is 95.8 Å². The molecule has 2 heterocycles. The van der Waals surface area contributed by atoms with Gasteiger partial charge in [0.05, 0.1) is 19.3 Å². The van der Waals surface area contributed by atoms with Crippen molar-refractivity contribution in [3.8, 4) is 22.3 Å². The van der Waals surface area contributed by atoms with Gasteiger partial charge in [0.25, 0.3) is 0 Å². The lowest BCUT2D eigenvalue weighted by atomic mass is 9.90. The van der Waals surface area contributed by atoms with Crippen LogP contribution in [0.3, 0.4) is 0 Å². The molecule has 0 spiro atoms. The second kappa shape index (κ2) is 8.57. The van der Waals surface area contributed by atoms with Crippen molar-refractivity contribution in [1.82, 2.24) is 0 Å². The van der Waals surface area contributed by atoms with Gasteiger partial charge in [0.1, 0.15) is 11.9 Å². The van der Waals surface area contributed by atoms with Gasteiger partial charge in [-0.05, 0) is 35.6 Å². The first kappa shape index (κ1) is 21.0. The molecule has 5 rings (SSSR count). The van der Waals surface area contributed by atoms with Crippen LogP contribution < -0.4 is 0 Å². The molecule has 0 bridgehead atoms. The normalized spacial score (nSPS) is 22.5. The first-order chi connectivity index (χ1) is 15.5. The van der Waals surface area contributed by atoms with E-state index in [1.165, 1.54) is 0 Å². The Kier molecular flexibility index (Phi) is 5.62. The number of epoxide rings is 1.